The van der Waals surface area contributed by atoms with Crippen molar-refractivity contribution in [1.82, 2.24) is 10.2 Å². The predicted octanol–water partition coefficient (Wildman–Crippen LogP) is 6.69. The van der Waals surface area contributed by atoms with Crippen molar-refractivity contribution >= 4 is 62.3 Å². The predicted molar refractivity (Wildman–Crippen MR) is 155 cm³/mol. The average Bonchev–Trinajstić information content (AvgIpc) is 2.89. The summed E-state index contributed by atoms with van der Waals surface area (Å²) in [7, 11) is -4.30. The second-order valence-electron chi connectivity index (χ2n) is 9.97. The Kier molecular flexibility index (Phi) is 11.2. The van der Waals surface area contributed by atoms with E-state index in [0.717, 1.165) is 44.4 Å². The van der Waals surface area contributed by atoms with Crippen molar-refractivity contribution < 1.29 is 31.2 Å². The molecule has 41 heavy (non-hydrogen) atoms. The number of sulfonamides is 1. The molecule has 1 saturated carbocycles. The Labute approximate surface area is 253 Å². The molecule has 1 fully saturated rings. The van der Waals surface area contributed by atoms with E-state index in [-0.39, 0.29) is 34.1 Å². The smallest absolute Gasteiger partial charge is 0.352 e. The number of carbonyl (C=O) groups is 2. The lowest BCUT2D eigenvalue weighted by molar-refractivity contribution is -0.140. The Hall–Kier alpha value is -2.21. The fourth-order valence-electron chi connectivity index (χ4n) is 4.77. The highest BCUT2D eigenvalue weighted by molar-refractivity contribution is 7.92. The Balaban J connectivity index is 2.00. The van der Waals surface area contributed by atoms with Crippen LogP contribution in [0.3, 0.4) is 0 Å². The number of amides is 2. The number of halogens is 6. The number of benzene rings is 2. The van der Waals surface area contributed by atoms with Gasteiger partial charge in [0.05, 0.1) is 32.6 Å². The number of anilines is 1. The molecule has 1 atom stereocenters. The highest BCUT2D eigenvalue weighted by Gasteiger charge is 2.35. The molecule has 2 amide bonds. The molecule has 1 aliphatic rings. The monoisotopic (exact) mass is 655 g/mol. The van der Waals surface area contributed by atoms with E-state index in [2.05, 4.69) is 5.32 Å². The third kappa shape index (κ3) is 8.89. The lowest BCUT2D eigenvalue weighted by Crippen LogP contribution is -2.54. The van der Waals surface area contributed by atoms with Gasteiger partial charge in [-0.15, -0.1) is 0 Å². The molecule has 2 aromatic rings. The van der Waals surface area contributed by atoms with Gasteiger partial charge in [0.25, 0.3) is 0 Å². The number of hydrogen-bond acceptors (Lipinski definition) is 4. The zero-order valence-electron chi connectivity index (χ0n) is 22.5. The van der Waals surface area contributed by atoms with Crippen LogP contribution < -0.4 is 9.62 Å². The molecule has 2 aromatic carbocycles. The van der Waals surface area contributed by atoms with Crippen molar-refractivity contribution in [3.63, 3.8) is 0 Å². The molecule has 7 nitrogen and oxygen atoms in total. The van der Waals surface area contributed by atoms with Gasteiger partial charge in [0.1, 0.15) is 12.6 Å². The second kappa shape index (κ2) is 13.8. The van der Waals surface area contributed by atoms with E-state index in [1.165, 1.54) is 17.0 Å². The Morgan fingerprint density at radius 1 is 1.00 bits per heavy atom. The summed E-state index contributed by atoms with van der Waals surface area (Å²) in [6.07, 6.45) is 0.783. The van der Waals surface area contributed by atoms with Crippen molar-refractivity contribution in [2.24, 2.45) is 0 Å². The average molecular weight is 657 g/mol. The van der Waals surface area contributed by atoms with Gasteiger partial charge < -0.3 is 10.2 Å². The third-order valence-corrected chi connectivity index (χ3v) is 9.08. The molecule has 0 unspecified atom stereocenters. The van der Waals surface area contributed by atoms with Crippen LogP contribution in [0.4, 0.5) is 18.9 Å². The summed E-state index contributed by atoms with van der Waals surface area (Å²) >= 11 is 18.3. The minimum atomic E-state index is -4.78. The van der Waals surface area contributed by atoms with Crippen LogP contribution in [0.25, 0.3) is 0 Å². The molecule has 0 aliphatic heterocycles. The maximum absolute atomic E-state index is 13.8. The maximum atomic E-state index is 13.8. The quantitative estimate of drug-likeness (QED) is 0.309. The lowest BCUT2D eigenvalue weighted by Gasteiger charge is -2.34. The van der Waals surface area contributed by atoms with Crippen molar-refractivity contribution in [1.29, 1.82) is 0 Å². The minimum absolute atomic E-state index is 0.0522. The summed E-state index contributed by atoms with van der Waals surface area (Å²) in [6.45, 7) is 0.673. The SMILES string of the molecule is CC[C@H](C(=O)NC1CCCCC1)N(Cc1ccc(Cl)c(Cl)c1)C(=O)CN(c1cc(C(F)(F)F)ccc1Cl)S(C)(=O)=O. The van der Waals surface area contributed by atoms with Crippen LogP contribution in [-0.2, 0) is 32.3 Å². The van der Waals surface area contributed by atoms with Gasteiger partial charge in [0, 0.05) is 12.6 Å². The number of nitrogens with one attached hydrogen (secondary N) is 1. The minimum Gasteiger partial charge on any atom is -0.352 e. The summed E-state index contributed by atoms with van der Waals surface area (Å²) in [4.78, 5) is 28.5. The first-order valence-corrected chi connectivity index (χ1v) is 16.0. The largest absolute Gasteiger partial charge is 0.416 e. The van der Waals surface area contributed by atoms with Crippen LogP contribution in [0.15, 0.2) is 36.4 Å². The van der Waals surface area contributed by atoms with E-state index in [0.29, 0.717) is 22.0 Å². The van der Waals surface area contributed by atoms with Gasteiger partial charge in [0.2, 0.25) is 21.8 Å². The second-order valence-corrected chi connectivity index (χ2v) is 13.1. The molecule has 0 radical (unpaired) electrons. The molecule has 0 heterocycles. The van der Waals surface area contributed by atoms with Gasteiger partial charge in [-0.25, -0.2) is 8.42 Å². The number of nitrogens with zero attached hydrogens (tertiary/aromatic N) is 2. The summed E-state index contributed by atoms with van der Waals surface area (Å²) in [5.41, 5.74) is -1.13. The molecular formula is C27H31Cl3F3N3O4S. The Bertz CT molecular complexity index is 1370. The van der Waals surface area contributed by atoms with E-state index >= 15 is 0 Å². The first-order valence-electron chi connectivity index (χ1n) is 13.0. The van der Waals surface area contributed by atoms with E-state index in [4.69, 9.17) is 34.8 Å². The molecule has 0 aromatic heterocycles. The summed E-state index contributed by atoms with van der Waals surface area (Å²) in [5, 5.41) is 3.19. The zero-order valence-corrected chi connectivity index (χ0v) is 25.6. The van der Waals surface area contributed by atoms with E-state index < -0.39 is 51.9 Å². The molecule has 0 bridgehead atoms. The highest BCUT2D eigenvalue weighted by atomic mass is 35.5. The molecule has 1 aliphatic carbocycles. The molecule has 1 N–H and O–H groups in total. The maximum Gasteiger partial charge on any atom is 0.416 e. The van der Waals surface area contributed by atoms with E-state index in [1.54, 1.807) is 13.0 Å². The van der Waals surface area contributed by atoms with Crippen molar-refractivity contribution in [3.05, 3.63) is 62.6 Å². The summed E-state index contributed by atoms with van der Waals surface area (Å²) < 4.78 is 66.4. The van der Waals surface area contributed by atoms with Gasteiger partial charge in [0.15, 0.2) is 0 Å². The van der Waals surface area contributed by atoms with Crippen LogP contribution in [-0.4, -0.2) is 50.0 Å². The molecule has 0 saturated heterocycles. The standard InChI is InChI=1S/C27H31Cl3F3N3O4S/c1-3-23(26(38)34-19-7-5-4-6-8-19)35(15-17-9-11-20(28)22(30)13-17)25(37)16-36(41(2,39)40)24-14-18(27(31,32)33)10-12-21(24)29/h9-14,19,23H,3-8,15-16H2,1-2H3,(H,34,38)/t23-/m1/s1. The van der Waals surface area contributed by atoms with Crippen molar-refractivity contribution in [2.45, 2.75) is 70.3 Å². The normalized spacial score (nSPS) is 15.3. The zero-order chi connectivity index (χ0) is 30.5. The molecule has 3 rings (SSSR count). The van der Waals surface area contributed by atoms with Crippen LogP contribution >= 0.6 is 34.8 Å². The first kappa shape index (κ1) is 33.3. The fourth-order valence-corrected chi connectivity index (χ4v) is 6.22. The van der Waals surface area contributed by atoms with E-state index in [1.807, 2.05) is 0 Å². The molecule has 226 valence electrons. The number of rotatable bonds is 10. The Morgan fingerprint density at radius 3 is 2.20 bits per heavy atom. The number of carbonyl (C=O) groups excluding carboxylic acids is 2. The molecule has 14 heteroatoms. The molecule has 0 spiro atoms. The third-order valence-electron chi connectivity index (χ3n) is 6.90. The van der Waals surface area contributed by atoms with Crippen molar-refractivity contribution in [2.75, 3.05) is 17.1 Å². The topological polar surface area (TPSA) is 86.8 Å². The van der Waals surface area contributed by atoms with Gasteiger partial charge >= 0.3 is 6.18 Å². The van der Waals surface area contributed by atoms with E-state index in [9.17, 15) is 31.2 Å². The van der Waals surface area contributed by atoms with Gasteiger partial charge in [-0.05, 0) is 55.2 Å². The van der Waals surface area contributed by atoms with Gasteiger partial charge in [-0.3, -0.25) is 13.9 Å². The highest BCUT2D eigenvalue weighted by Crippen LogP contribution is 2.36. The van der Waals surface area contributed by atoms with Gasteiger partial charge in [-0.1, -0.05) is 67.1 Å². The van der Waals surface area contributed by atoms with Crippen molar-refractivity contribution in [3.8, 4) is 0 Å². The van der Waals surface area contributed by atoms with Crippen LogP contribution in [0.5, 0.6) is 0 Å². The molecular weight excluding hydrogens is 626 g/mol. The van der Waals surface area contributed by atoms with Gasteiger partial charge in [-0.2, -0.15) is 13.2 Å². The lowest BCUT2D eigenvalue weighted by atomic mass is 9.95. The van der Waals surface area contributed by atoms with Crippen LogP contribution in [0.1, 0.15) is 56.6 Å². The summed E-state index contributed by atoms with van der Waals surface area (Å²) in [5.74, 6) is -1.23. The fraction of sp³-hybridized carbons (Fsp3) is 0.481. The summed E-state index contributed by atoms with van der Waals surface area (Å²) in [6, 6.07) is 5.81. The van der Waals surface area contributed by atoms with Crippen LogP contribution in [0, 0.1) is 0 Å². The number of alkyl halides is 3. The Morgan fingerprint density at radius 2 is 1.63 bits per heavy atom. The number of hydrogen-bond donors (Lipinski definition) is 1. The first-order chi connectivity index (χ1) is 19.1. The van der Waals surface area contributed by atoms with Crippen LogP contribution in [0.2, 0.25) is 15.1 Å².